The van der Waals surface area contributed by atoms with Crippen LogP contribution in [0.5, 0.6) is 0 Å². The number of carbonyl (C=O) groups excluding carboxylic acids is 3. The molecule has 1 aromatic heterocycles. The van der Waals surface area contributed by atoms with Gasteiger partial charge < -0.3 is 29.7 Å². The molecule has 0 aromatic carbocycles. The van der Waals surface area contributed by atoms with Crippen LogP contribution in [-0.4, -0.2) is 75.5 Å². The summed E-state index contributed by atoms with van der Waals surface area (Å²) >= 11 is 0. The number of rotatable bonds is 3. The van der Waals surface area contributed by atoms with Crippen LogP contribution < -0.4 is 10.9 Å². The highest BCUT2D eigenvalue weighted by atomic mass is 16.6. The second-order valence-electron chi connectivity index (χ2n) is 11.0. The minimum Gasteiger partial charge on any atom is -0.444 e. The zero-order chi connectivity index (χ0) is 26.0. The highest BCUT2D eigenvalue weighted by Crippen LogP contribution is 2.35. The molecule has 1 aromatic rings. The van der Waals surface area contributed by atoms with Crippen molar-refractivity contribution in [2.45, 2.75) is 95.0 Å². The number of hydrogen-bond acceptors (Lipinski definition) is 5. The molecule has 0 unspecified atom stereocenters. The Morgan fingerprint density at radius 2 is 1.89 bits per heavy atom. The summed E-state index contributed by atoms with van der Waals surface area (Å²) in [6.07, 6.45) is 5.26. The van der Waals surface area contributed by atoms with E-state index in [1.165, 1.54) is 6.07 Å². The average molecular weight is 498 g/mol. The summed E-state index contributed by atoms with van der Waals surface area (Å²) in [5.74, 6) is -0.660. The highest BCUT2D eigenvalue weighted by Gasteiger charge is 2.48. The van der Waals surface area contributed by atoms with Crippen molar-refractivity contribution in [3.63, 3.8) is 0 Å². The lowest BCUT2D eigenvalue weighted by molar-refractivity contribution is -0.146. The van der Waals surface area contributed by atoms with Crippen molar-refractivity contribution in [1.29, 1.82) is 0 Å². The number of ether oxygens (including phenoxy) is 1. The molecule has 0 aliphatic carbocycles. The van der Waals surface area contributed by atoms with Gasteiger partial charge in [0.05, 0.1) is 12.5 Å². The fourth-order valence-corrected chi connectivity index (χ4v) is 5.69. The van der Waals surface area contributed by atoms with Crippen molar-refractivity contribution in [2.75, 3.05) is 13.1 Å². The molecule has 0 bridgehead atoms. The third kappa shape index (κ3) is 5.55. The van der Waals surface area contributed by atoms with E-state index in [1.807, 2.05) is 0 Å². The van der Waals surface area contributed by atoms with E-state index in [4.69, 9.17) is 11.3 Å². The van der Waals surface area contributed by atoms with Crippen molar-refractivity contribution >= 4 is 17.9 Å². The number of hydrogen-bond donors (Lipinski definition) is 2. The highest BCUT2D eigenvalue weighted by molar-refractivity contribution is 5.92. The van der Waals surface area contributed by atoms with E-state index in [9.17, 15) is 19.2 Å². The predicted octanol–water partition coefficient (Wildman–Crippen LogP) is 2.42. The first-order valence-corrected chi connectivity index (χ1v) is 12.7. The summed E-state index contributed by atoms with van der Waals surface area (Å²) in [6, 6.07) is 1.41. The van der Waals surface area contributed by atoms with Gasteiger partial charge in [-0.05, 0) is 58.1 Å². The molecule has 3 saturated heterocycles. The molecule has 3 aliphatic rings. The Morgan fingerprint density at radius 1 is 1.14 bits per heavy atom. The summed E-state index contributed by atoms with van der Waals surface area (Å²) in [5.41, 5.74) is -0.184. The number of pyridine rings is 1. The minimum absolute atomic E-state index is 0.0440. The fourth-order valence-electron chi connectivity index (χ4n) is 5.69. The first kappa shape index (κ1) is 25.7. The van der Waals surface area contributed by atoms with Crippen LogP contribution in [0.3, 0.4) is 0 Å². The number of amides is 3. The minimum atomic E-state index is -0.741. The first-order valence-electron chi connectivity index (χ1n) is 12.7. The van der Waals surface area contributed by atoms with Gasteiger partial charge in [0.15, 0.2) is 0 Å². The van der Waals surface area contributed by atoms with E-state index >= 15 is 0 Å². The van der Waals surface area contributed by atoms with Gasteiger partial charge in [-0.1, -0.05) is 12.8 Å². The summed E-state index contributed by atoms with van der Waals surface area (Å²) in [5, 5.41) is 2.74. The molecule has 0 saturated carbocycles. The van der Waals surface area contributed by atoms with Crippen LogP contribution in [0, 0.1) is 6.57 Å². The smallest absolute Gasteiger partial charge is 0.408 e. The zero-order valence-corrected chi connectivity index (χ0v) is 21.2. The lowest BCUT2D eigenvalue weighted by Crippen LogP contribution is -2.57. The molecule has 10 heteroatoms. The molecule has 5 atom stereocenters. The number of likely N-dealkylation sites (tertiary alicyclic amines) is 1. The Hall–Kier alpha value is -3.35. The van der Waals surface area contributed by atoms with Gasteiger partial charge >= 0.3 is 6.09 Å². The van der Waals surface area contributed by atoms with Gasteiger partial charge in [-0.2, -0.15) is 0 Å². The Morgan fingerprint density at radius 3 is 2.58 bits per heavy atom. The van der Waals surface area contributed by atoms with Gasteiger partial charge in [-0.25, -0.2) is 11.4 Å². The molecule has 3 aliphatic heterocycles. The van der Waals surface area contributed by atoms with Gasteiger partial charge in [0.25, 0.3) is 0 Å². The normalized spacial score (nSPS) is 28.6. The Kier molecular flexibility index (Phi) is 7.38. The first-order chi connectivity index (χ1) is 17.1. The van der Waals surface area contributed by atoms with Gasteiger partial charge in [0.1, 0.15) is 17.7 Å². The molecule has 194 valence electrons. The van der Waals surface area contributed by atoms with Gasteiger partial charge in [0.2, 0.25) is 23.4 Å². The van der Waals surface area contributed by atoms with Crippen molar-refractivity contribution in [3.05, 3.63) is 45.7 Å². The number of fused-ring (bicyclic) bond motifs is 1. The van der Waals surface area contributed by atoms with Crippen LogP contribution in [0.2, 0.25) is 0 Å². The third-order valence-electron chi connectivity index (χ3n) is 7.31. The quantitative estimate of drug-likeness (QED) is 0.622. The van der Waals surface area contributed by atoms with E-state index in [2.05, 4.69) is 15.1 Å². The molecule has 0 radical (unpaired) electrons. The number of aromatic nitrogens is 1. The molecule has 4 heterocycles. The van der Waals surface area contributed by atoms with Crippen molar-refractivity contribution in [2.24, 2.45) is 0 Å². The van der Waals surface area contributed by atoms with Crippen LogP contribution >= 0.6 is 0 Å². The lowest BCUT2D eigenvalue weighted by atomic mass is 9.96. The van der Waals surface area contributed by atoms with Gasteiger partial charge in [-0.3, -0.25) is 14.4 Å². The van der Waals surface area contributed by atoms with Gasteiger partial charge in [-0.15, -0.1) is 0 Å². The van der Waals surface area contributed by atoms with Crippen LogP contribution in [0.1, 0.15) is 70.8 Å². The second kappa shape index (κ2) is 10.3. The van der Waals surface area contributed by atoms with Crippen LogP contribution in [0.25, 0.3) is 4.85 Å². The molecule has 0 spiro atoms. The monoisotopic (exact) mass is 497 g/mol. The van der Waals surface area contributed by atoms with E-state index in [0.29, 0.717) is 19.4 Å². The molecule has 3 fully saturated rings. The Bertz CT molecular complexity index is 1100. The maximum Gasteiger partial charge on any atom is 0.408 e. The topological polar surface area (TPSA) is 116 Å². The van der Waals surface area contributed by atoms with E-state index in [0.717, 1.165) is 31.2 Å². The second-order valence-corrected chi connectivity index (χ2v) is 11.0. The number of carbonyl (C=O) groups is 3. The molecular weight excluding hydrogens is 462 g/mol. The summed E-state index contributed by atoms with van der Waals surface area (Å²) in [7, 11) is 0. The number of H-pyrrole nitrogens is 1. The van der Waals surface area contributed by atoms with Crippen molar-refractivity contribution in [3.8, 4) is 0 Å². The van der Waals surface area contributed by atoms with E-state index in [-0.39, 0.29) is 35.9 Å². The molecule has 2 N–H and O–H groups in total. The molecule has 36 heavy (non-hydrogen) atoms. The average Bonchev–Trinajstić information content (AvgIpc) is 3.42. The van der Waals surface area contributed by atoms with Crippen molar-refractivity contribution in [1.82, 2.24) is 20.1 Å². The maximum atomic E-state index is 13.7. The standard InChI is InChI=1S/C26H35N5O5/c1-26(2,3)36-25(35)29-19-8-6-5-7-17-9-10-21(31(17)23(19)33)24(34)30-14-18(20(15-30)27-4)16-11-12-28-22(32)13-16/h11-13,17-21H,5-10,14-15H2,1-3H3,(H,28,32)(H,29,35)/t17-,18+,19-,20-,21-/m0/s1. The summed E-state index contributed by atoms with van der Waals surface area (Å²) in [4.78, 5) is 61.3. The SMILES string of the molecule is [C-]#[N+][C@H]1CN(C(=O)[C@@H]2CC[C@@H]3CCCC[C@H](NC(=O)OC(C)(C)C)C(=O)N32)C[C@@H]1c1cc[nH]c(=O)c1. The van der Waals surface area contributed by atoms with Crippen LogP contribution in [-0.2, 0) is 14.3 Å². The molecule has 3 amide bonds. The number of nitrogens with zero attached hydrogens (tertiary/aromatic N) is 3. The molecule has 4 rings (SSSR count). The summed E-state index contributed by atoms with van der Waals surface area (Å²) in [6.45, 7) is 13.5. The fraction of sp³-hybridized carbons (Fsp3) is 0.654. The van der Waals surface area contributed by atoms with E-state index in [1.54, 1.807) is 42.8 Å². The summed E-state index contributed by atoms with van der Waals surface area (Å²) < 4.78 is 5.37. The van der Waals surface area contributed by atoms with E-state index < -0.39 is 29.8 Å². The Labute approximate surface area is 211 Å². The number of alkyl carbamates (subject to hydrolysis) is 1. The molecular formula is C26H35N5O5. The van der Waals surface area contributed by atoms with Crippen LogP contribution in [0.15, 0.2) is 23.1 Å². The Balaban J connectivity index is 1.51. The number of aromatic amines is 1. The maximum absolute atomic E-state index is 13.7. The zero-order valence-electron chi connectivity index (χ0n) is 21.2. The molecule has 10 nitrogen and oxygen atoms in total. The third-order valence-corrected chi connectivity index (χ3v) is 7.31. The van der Waals surface area contributed by atoms with Crippen LogP contribution in [0.4, 0.5) is 4.79 Å². The largest absolute Gasteiger partial charge is 0.444 e. The predicted molar refractivity (Wildman–Crippen MR) is 132 cm³/mol. The lowest BCUT2D eigenvalue weighted by Gasteiger charge is -2.36. The van der Waals surface area contributed by atoms with Gasteiger partial charge in [0, 0.05) is 24.8 Å². The van der Waals surface area contributed by atoms with Crippen molar-refractivity contribution < 1.29 is 19.1 Å². The number of nitrogens with one attached hydrogen (secondary N) is 2.